The molecule has 1 aliphatic heterocycles. The molecule has 126 valence electrons. The number of hydrogen-bond donors (Lipinski definition) is 2. The van der Waals surface area contributed by atoms with E-state index in [1.165, 1.54) is 5.57 Å². The minimum atomic E-state index is -0.903. The molecule has 1 heterocycles. The van der Waals surface area contributed by atoms with Crippen molar-refractivity contribution in [3.8, 4) is 0 Å². The van der Waals surface area contributed by atoms with Gasteiger partial charge in [0.05, 0.1) is 0 Å². The molecule has 2 N–H and O–H groups in total. The Morgan fingerprint density at radius 3 is 2.96 bits per heavy atom. The third-order valence-corrected chi connectivity index (χ3v) is 5.59. The summed E-state index contributed by atoms with van der Waals surface area (Å²) in [5.41, 5.74) is 1.51. The Bertz CT molecular complexity index is 603. The van der Waals surface area contributed by atoms with E-state index >= 15 is 0 Å². The van der Waals surface area contributed by atoms with Crippen molar-refractivity contribution in [2.45, 2.75) is 64.1 Å². The van der Waals surface area contributed by atoms with Crippen LogP contribution in [0.1, 0.15) is 52.4 Å². The summed E-state index contributed by atoms with van der Waals surface area (Å²) in [6.07, 6.45) is 4.45. The number of ketones is 1. The Hall–Kier alpha value is -1.62. The Kier molecular flexibility index (Phi) is 4.08. The number of aliphatic hydroxyl groups is 1. The quantitative estimate of drug-likeness (QED) is 0.778. The average molecular weight is 320 g/mol. The highest BCUT2D eigenvalue weighted by atomic mass is 16.5. The van der Waals surface area contributed by atoms with Crippen molar-refractivity contribution < 1.29 is 24.5 Å². The molecule has 0 aromatic rings. The number of carboxylic acid groups (broad SMARTS) is 1. The lowest BCUT2D eigenvalue weighted by Crippen LogP contribution is -2.43. The number of aliphatic carboxylic acids is 1. The highest BCUT2D eigenvalue weighted by molar-refractivity contribution is 6.00. The van der Waals surface area contributed by atoms with Gasteiger partial charge in [-0.1, -0.05) is 18.6 Å². The molecule has 0 spiro atoms. The number of fused-ring (bicyclic) bond motifs is 1. The SMILES string of the molecule is CC(CCC(=O)O)C1=CCC2(C)OC3=C(CC12)C(=O)C(O)CC3. The monoisotopic (exact) mass is 320 g/mol. The maximum Gasteiger partial charge on any atom is 0.303 e. The van der Waals surface area contributed by atoms with Crippen LogP contribution in [0.5, 0.6) is 0 Å². The van der Waals surface area contributed by atoms with Crippen LogP contribution in [0, 0.1) is 11.8 Å². The van der Waals surface area contributed by atoms with Gasteiger partial charge < -0.3 is 14.9 Å². The first-order chi connectivity index (χ1) is 10.8. The molecular formula is C18H24O5. The molecule has 0 saturated carbocycles. The van der Waals surface area contributed by atoms with Crippen LogP contribution < -0.4 is 0 Å². The van der Waals surface area contributed by atoms with Crippen molar-refractivity contribution in [3.05, 3.63) is 23.0 Å². The number of allylic oxidation sites excluding steroid dienone is 1. The predicted octanol–water partition coefficient (Wildman–Crippen LogP) is 2.59. The second-order valence-electron chi connectivity index (χ2n) is 7.23. The fraction of sp³-hybridized carbons (Fsp3) is 0.667. The summed E-state index contributed by atoms with van der Waals surface area (Å²) in [5.74, 6) is 0.0323. The molecule has 0 bridgehead atoms. The van der Waals surface area contributed by atoms with E-state index in [1.54, 1.807) is 0 Å². The molecule has 0 aromatic heterocycles. The van der Waals surface area contributed by atoms with Gasteiger partial charge in [-0.2, -0.15) is 0 Å². The number of ether oxygens (including phenoxy) is 1. The van der Waals surface area contributed by atoms with Gasteiger partial charge in [0.15, 0.2) is 5.78 Å². The van der Waals surface area contributed by atoms with Gasteiger partial charge in [-0.15, -0.1) is 0 Å². The van der Waals surface area contributed by atoms with Crippen LogP contribution in [0.4, 0.5) is 0 Å². The number of aliphatic hydroxyl groups excluding tert-OH is 1. The highest BCUT2D eigenvalue weighted by Crippen LogP contribution is 2.51. The van der Waals surface area contributed by atoms with E-state index in [-0.39, 0.29) is 29.6 Å². The van der Waals surface area contributed by atoms with Gasteiger partial charge >= 0.3 is 5.97 Å². The molecule has 3 rings (SSSR count). The zero-order valence-corrected chi connectivity index (χ0v) is 13.7. The number of rotatable bonds is 4. The second-order valence-corrected chi connectivity index (χ2v) is 7.23. The van der Waals surface area contributed by atoms with Crippen LogP contribution in [0.3, 0.4) is 0 Å². The Labute approximate surface area is 136 Å². The lowest BCUT2D eigenvalue weighted by molar-refractivity contribution is -0.137. The smallest absolute Gasteiger partial charge is 0.303 e. The van der Waals surface area contributed by atoms with E-state index in [1.807, 2.05) is 6.92 Å². The minimum absolute atomic E-state index is 0.0966. The zero-order valence-electron chi connectivity index (χ0n) is 13.7. The van der Waals surface area contributed by atoms with Crippen molar-refractivity contribution >= 4 is 11.8 Å². The summed E-state index contributed by atoms with van der Waals surface area (Å²) < 4.78 is 6.21. The predicted molar refractivity (Wildman–Crippen MR) is 83.6 cm³/mol. The normalized spacial score (nSPS) is 34.4. The van der Waals surface area contributed by atoms with Crippen LogP contribution >= 0.6 is 0 Å². The first-order valence-electron chi connectivity index (χ1n) is 8.37. The highest BCUT2D eigenvalue weighted by Gasteiger charge is 2.49. The third-order valence-electron chi connectivity index (χ3n) is 5.59. The Morgan fingerprint density at radius 2 is 2.26 bits per heavy atom. The maximum absolute atomic E-state index is 12.3. The van der Waals surface area contributed by atoms with E-state index in [0.29, 0.717) is 31.3 Å². The second kappa shape index (κ2) is 5.78. The first-order valence-corrected chi connectivity index (χ1v) is 8.37. The van der Waals surface area contributed by atoms with E-state index in [9.17, 15) is 14.7 Å². The van der Waals surface area contributed by atoms with Crippen LogP contribution in [0.2, 0.25) is 0 Å². The van der Waals surface area contributed by atoms with Gasteiger partial charge in [0.25, 0.3) is 0 Å². The summed E-state index contributed by atoms with van der Waals surface area (Å²) >= 11 is 0. The molecule has 5 nitrogen and oxygen atoms in total. The fourth-order valence-corrected chi connectivity index (χ4v) is 4.16. The number of Topliss-reactive ketones (excluding diaryl/α,β-unsaturated/α-hetero) is 1. The van der Waals surface area contributed by atoms with Gasteiger partial charge in [0.1, 0.15) is 17.5 Å². The van der Waals surface area contributed by atoms with Crippen LogP contribution in [-0.2, 0) is 14.3 Å². The summed E-state index contributed by atoms with van der Waals surface area (Å²) in [5, 5.41) is 18.7. The molecule has 5 heteroatoms. The average Bonchev–Trinajstić information content (AvgIpc) is 2.83. The van der Waals surface area contributed by atoms with E-state index in [4.69, 9.17) is 9.84 Å². The molecule has 3 aliphatic rings. The third kappa shape index (κ3) is 2.82. The maximum atomic E-state index is 12.3. The minimum Gasteiger partial charge on any atom is -0.491 e. The molecule has 0 amide bonds. The van der Waals surface area contributed by atoms with Gasteiger partial charge in [-0.05, 0) is 32.1 Å². The molecule has 23 heavy (non-hydrogen) atoms. The first kappa shape index (κ1) is 16.2. The van der Waals surface area contributed by atoms with E-state index in [2.05, 4.69) is 13.0 Å². The molecule has 0 fully saturated rings. The fourth-order valence-electron chi connectivity index (χ4n) is 4.16. The zero-order chi connectivity index (χ0) is 16.8. The summed E-state index contributed by atoms with van der Waals surface area (Å²) in [7, 11) is 0. The molecule has 0 aromatic carbocycles. The Balaban J connectivity index is 1.81. The molecule has 0 saturated heterocycles. The van der Waals surface area contributed by atoms with Crippen molar-refractivity contribution in [2.24, 2.45) is 11.8 Å². The number of hydrogen-bond acceptors (Lipinski definition) is 4. The van der Waals surface area contributed by atoms with Crippen LogP contribution in [0.25, 0.3) is 0 Å². The number of carboxylic acids is 1. The van der Waals surface area contributed by atoms with Crippen molar-refractivity contribution in [1.82, 2.24) is 0 Å². The van der Waals surface area contributed by atoms with Crippen LogP contribution in [-0.4, -0.2) is 33.7 Å². The van der Waals surface area contributed by atoms with Crippen LogP contribution in [0.15, 0.2) is 23.0 Å². The van der Waals surface area contributed by atoms with Crippen molar-refractivity contribution in [3.63, 3.8) is 0 Å². The van der Waals surface area contributed by atoms with Gasteiger partial charge in [0, 0.05) is 30.8 Å². The summed E-state index contributed by atoms with van der Waals surface area (Å²) in [6.45, 7) is 4.12. The van der Waals surface area contributed by atoms with Gasteiger partial charge in [-0.3, -0.25) is 9.59 Å². The summed E-state index contributed by atoms with van der Waals surface area (Å²) in [4.78, 5) is 23.1. The Morgan fingerprint density at radius 1 is 1.52 bits per heavy atom. The van der Waals surface area contributed by atoms with Crippen molar-refractivity contribution in [2.75, 3.05) is 0 Å². The van der Waals surface area contributed by atoms with Gasteiger partial charge in [0.2, 0.25) is 0 Å². The van der Waals surface area contributed by atoms with Gasteiger partial charge in [-0.25, -0.2) is 0 Å². The summed E-state index contributed by atoms with van der Waals surface area (Å²) in [6, 6.07) is 0. The molecule has 0 radical (unpaired) electrons. The topological polar surface area (TPSA) is 83.8 Å². The molecule has 4 atom stereocenters. The van der Waals surface area contributed by atoms with E-state index in [0.717, 1.165) is 12.2 Å². The van der Waals surface area contributed by atoms with Crippen molar-refractivity contribution in [1.29, 1.82) is 0 Å². The molecular weight excluding hydrogens is 296 g/mol. The van der Waals surface area contributed by atoms with E-state index < -0.39 is 12.1 Å². The largest absolute Gasteiger partial charge is 0.491 e. The molecule has 2 aliphatic carbocycles. The molecule has 4 unspecified atom stereocenters. The standard InChI is InChI=1S/C18H24O5/c1-10(3-6-16(20)21)11-7-8-18(2)13(11)9-12-15(23-18)5-4-14(19)17(12)22/h7,10,13-14,19H,3-6,8-9H2,1-2H3,(H,20,21). The number of carbonyl (C=O) groups excluding carboxylic acids is 1. The lowest BCUT2D eigenvalue weighted by atomic mass is 9.74. The number of carbonyl (C=O) groups is 2. The lowest BCUT2D eigenvalue weighted by Gasteiger charge is -2.43.